The fourth-order valence-corrected chi connectivity index (χ4v) is 3.58. The number of nitrogens with zero attached hydrogens (tertiary/aromatic N) is 2. The predicted octanol–water partition coefficient (Wildman–Crippen LogP) is 3.44. The number of carbonyl (C=O) groups excluding carboxylic acids is 2. The fourth-order valence-electron chi connectivity index (χ4n) is 3.58. The van der Waals surface area contributed by atoms with E-state index in [1.54, 1.807) is 30.6 Å². The number of pyridine rings is 1. The van der Waals surface area contributed by atoms with Gasteiger partial charge in [-0.1, -0.05) is 6.07 Å². The van der Waals surface area contributed by atoms with Crippen molar-refractivity contribution in [1.29, 1.82) is 0 Å². The average molecular weight is 404 g/mol. The highest BCUT2D eigenvalue weighted by Crippen LogP contribution is 2.46. The lowest BCUT2D eigenvalue weighted by atomic mass is 9.87. The molecule has 1 unspecified atom stereocenters. The lowest BCUT2D eigenvalue weighted by Gasteiger charge is -2.20. The second-order valence-electron chi connectivity index (χ2n) is 6.98. The average Bonchev–Trinajstić information content (AvgIpc) is 3.30. The number of methoxy groups -OCH3 is 1. The van der Waals surface area contributed by atoms with Gasteiger partial charge in [0.2, 0.25) is 5.78 Å². The number of rotatable bonds is 5. The minimum absolute atomic E-state index is 0.0411. The summed E-state index contributed by atoms with van der Waals surface area (Å²) in [5, 5.41) is 10.7. The zero-order valence-corrected chi connectivity index (χ0v) is 16.5. The van der Waals surface area contributed by atoms with Crippen LogP contribution in [-0.4, -0.2) is 33.5 Å². The minimum Gasteiger partial charge on any atom is -0.508 e. The van der Waals surface area contributed by atoms with Crippen LogP contribution in [0.3, 0.4) is 0 Å². The quantitative estimate of drug-likeness (QED) is 0.518. The van der Waals surface area contributed by atoms with Crippen LogP contribution in [0.25, 0.3) is 6.08 Å². The fraction of sp³-hybridized carbons (Fsp3) is 0.174. The van der Waals surface area contributed by atoms with Gasteiger partial charge in [0, 0.05) is 48.9 Å². The zero-order chi connectivity index (χ0) is 21.3. The summed E-state index contributed by atoms with van der Waals surface area (Å²) >= 11 is 0. The van der Waals surface area contributed by atoms with Gasteiger partial charge in [-0.15, -0.1) is 0 Å². The second-order valence-corrected chi connectivity index (χ2v) is 6.98. The number of esters is 1. The molecule has 0 aliphatic carbocycles. The summed E-state index contributed by atoms with van der Waals surface area (Å²) in [4.78, 5) is 29.2. The van der Waals surface area contributed by atoms with Crippen LogP contribution in [0.1, 0.15) is 39.5 Å². The molecule has 3 aromatic rings. The van der Waals surface area contributed by atoms with Crippen molar-refractivity contribution >= 4 is 17.8 Å². The summed E-state index contributed by atoms with van der Waals surface area (Å²) in [6, 6.07) is 10.2. The summed E-state index contributed by atoms with van der Waals surface area (Å²) in [6.45, 7) is 0. The van der Waals surface area contributed by atoms with Crippen LogP contribution in [0.5, 0.6) is 11.5 Å². The normalized spacial score (nSPS) is 15.0. The van der Waals surface area contributed by atoms with E-state index in [1.165, 1.54) is 19.2 Å². The number of allylic oxidation sites excluding steroid dienone is 1. The number of ether oxygens (including phenoxy) is 2. The molecule has 2 aromatic heterocycles. The first-order chi connectivity index (χ1) is 14.5. The molecule has 1 N–H and O–H groups in total. The van der Waals surface area contributed by atoms with Crippen molar-refractivity contribution in [2.24, 2.45) is 7.05 Å². The van der Waals surface area contributed by atoms with E-state index in [4.69, 9.17) is 9.47 Å². The molecule has 1 aromatic carbocycles. The van der Waals surface area contributed by atoms with Crippen LogP contribution < -0.4 is 4.74 Å². The van der Waals surface area contributed by atoms with E-state index in [0.717, 1.165) is 5.69 Å². The molecule has 1 aliphatic heterocycles. The van der Waals surface area contributed by atoms with Crippen LogP contribution in [-0.2, 0) is 16.6 Å². The highest BCUT2D eigenvalue weighted by molar-refractivity contribution is 6.15. The van der Waals surface area contributed by atoms with E-state index in [0.29, 0.717) is 16.7 Å². The van der Waals surface area contributed by atoms with Gasteiger partial charge in [-0.3, -0.25) is 14.6 Å². The van der Waals surface area contributed by atoms with Crippen molar-refractivity contribution in [2.45, 2.75) is 12.3 Å². The Hall–Kier alpha value is -3.87. The smallest absolute Gasteiger partial charge is 0.306 e. The highest BCUT2D eigenvalue weighted by atomic mass is 16.5. The number of aromatic nitrogens is 2. The molecule has 30 heavy (non-hydrogen) atoms. The Labute approximate surface area is 173 Å². The number of phenols is 1. The summed E-state index contributed by atoms with van der Waals surface area (Å²) < 4.78 is 12.7. The first kappa shape index (κ1) is 19.4. The third-order valence-corrected chi connectivity index (χ3v) is 5.15. The van der Waals surface area contributed by atoms with E-state index in [-0.39, 0.29) is 29.5 Å². The van der Waals surface area contributed by atoms with Crippen LogP contribution in [0.2, 0.25) is 0 Å². The molecule has 1 atom stereocenters. The maximum absolute atomic E-state index is 12.9. The molecule has 4 rings (SSSR count). The molecule has 0 fully saturated rings. The van der Waals surface area contributed by atoms with Crippen molar-refractivity contribution < 1.29 is 24.2 Å². The van der Waals surface area contributed by atoms with E-state index < -0.39 is 11.9 Å². The first-order valence-corrected chi connectivity index (χ1v) is 9.37. The Kier molecular flexibility index (Phi) is 5.10. The number of phenolic OH excluding ortho intramolecular Hbond substituents is 1. The standard InChI is InChI=1S/C23H20N2O5/c1-25-10-4-6-15(25)11-19-22(28)16-7-8-18(26)21(23(16)30-19)17(12-20(27)29-2)14-5-3-9-24-13-14/h3-11,13,17,26H,12H2,1-2H3. The molecule has 0 spiro atoms. The molecular weight excluding hydrogens is 384 g/mol. The molecule has 152 valence electrons. The monoisotopic (exact) mass is 404 g/mol. The van der Waals surface area contributed by atoms with Crippen molar-refractivity contribution in [2.75, 3.05) is 7.11 Å². The van der Waals surface area contributed by atoms with Crippen molar-refractivity contribution in [1.82, 2.24) is 9.55 Å². The third kappa shape index (κ3) is 3.45. The van der Waals surface area contributed by atoms with Gasteiger partial charge < -0.3 is 19.1 Å². The Bertz CT molecular complexity index is 1150. The van der Waals surface area contributed by atoms with Crippen LogP contribution >= 0.6 is 0 Å². The van der Waals surface area contributed by atoms with Gasteiger partial charge >= 0.3 is 5.97 Å². The Morgan fingerprint density at radius 1 is 1.30 bits per heavy atom. The maximum Gasteiger partial charge on any atom is 0.306 e. The van der Waals surface area contributed by atoms with E-state index in [1.807, 2.05) is 29.9 Å². The third-order valence-electron chi connectivity index (χ3n) is 5.15. The molecule has 0 amide bonds. The molecule has 3 heterocycles. The predicted molar refractivity (Wildman–Crippen MR) is 109 cm³/mol. The van der Waals surface area contributed by atoms with E-state index >= 15 is 0 Å². The lowest BCUT2D eigenvalue weighted by molar-refractivity contribution is -0.140. The van der Waals surface area contributed by atoms with Gasteiger partial charge in [-0.25, -0.2) is 0 Å². The van der Waals surface area contributed by atoms with E-state index in [9.17, 15) is 14.7 Å². The van der Waals surface area contributed by atoms with Crippen molar-refractivity contribution in [3.63, 3.8) is 0 Å². The number of Topliss-reactive ketones (excluding diaryl/α,β-unsaturated/α-hetero) is 1. The molecular formula is C23H20N2O5. The number of aryl methyl sites for hydroxylation is 1. The number of ketones is 1. The Morgan fingerprint density at radius 3 is 2.80 bits per heavy atom. The highest BCUT2D eigenvalue weighted by Gasteiger charge is 2.35. The summed E-state index contributed by atoms with van der Waals surface area (Å²) in [5.41, 5.74) is 2.19. The van der Waals surface area contributed by atoms with E-state index in [2.05, 4.69) is 4.98 Å². The molecule has 0 saturated carbocycles. The second kappa shape index (κ2) is 7.87. The number of benzene rings is 1. The zero-order valence-electron chi connectivity index (χ0n) is 16.5. The van der Waals surface area contributed by atoms with Gasteiger partial charge in [0.25, 0.3) is 0 Å². The molecule has 7 nitrogen and oxygen atoms in total. The largest absolute Gasteiger partial charge is 0.508 e. The van der Waals surface area contributed by atoms with Crippen LogP contribution in [0, 0.1) is 0 Å². The number of fused-ring (bicyclic) bond motifs is 1. The van der Waals surface area contributed by atoms with Gasteiger partial charge in [-0.05, 0) is 35.9 Å². The summed E-state index contributed by atoms with van der Waals surface area (Å²) in [5.74, 6) is -0.997. The van der Waals surface area contributed by atoms with Crippen molar-refractivity contribution in [3.05, 3.63) is 83.1 Å². The number of carbonyl (C=O) groups is 2. The van der Waals surface area contributed by atoms with Crippen LogP contribution in [0.4, 0.5) is 0 Å². The molecule has 0 radical (unpaired) electrons. The van der Waals surface area contributed by atoms with Gasteiger partial charge in [0.15, 0.2) is 5.76 Å². The Morgan fingerprint density at radius 2 is 2.13 bits per heavy atom. The lowest BCUT2D eigenvalue weighted by Crippen LogP contribution is -2.11. The molecule has 0 bridgehead atoms. The van der Waals surface area contributed by atoms with Crippen LogP contribution in [0.15, 0.2) is 60.7 Å². The summed E-state index contributed by atoms with van der Waals surface area (Å²) in [7, 11) is 3.17. The minimum atomic E-state index is -0.594. The van der Waals surface area contributed by atoms with Gasteiger partial charge in [0.1, 0.15) is 11.5 Å². The van der Waals surface area contributed by atoms with Crippen molar-refractivity contribution in [3.8, 4) is 11.5 Å². The SMILES string of the molecule is COC(=O)CC(c1cccnc1)c1c(O)ccc2c1OC(=Cc1cccn1C)C2=O. The molecule has 0 saturated heterocycles. The number of hydrogen-bond donors (Lipinski definition) is 1. The first-order valence-electron chi connectivity index (χ1n) is 9.37. The Balaban J connectivity index is 1.83. The molecule has 1 aliphatic rings. The molecule has 7 heteroatoms. The van der Waals surface area contributed by atoms with Gasteiger partial charge in [-0.2, -0.15) is 0 Å². The topological polar surface area (TPSA) is 90.7 Å². The van der Waals surface area contributed by atoms with Gasteiger partial charge in [0.05, 0.1) is 19.1 Å². The maximum atomic E-state index is 12.9. The number of hydrogen-bond acceptors (Lipinski definition) is 6. The summed E-state index contributed by atoms with van der Waals surface area (Å²) in [6.07, 6.45) is 6.72. The number of aromatic hydroxyl groups is 1.